The fourth-order valence-electron chi connectivity index (χ4n) is 5.11. The summed E-state index contributed by atoms with van der Waals surface area (Å²) in [6.07, 6.45) is 0. The summed E-state index contributed by atoms with van der Waals surface area (Å²) in [5.74, 6) is -1.69. The Hall–Kier alpha value is -6.10. The zero-order valence-electron chi connectivity index (χ0n) is 23.5. The summed E-state index contributed by atoms with van der Waals surface area (Å²) in [4.78, 5) is 27.6. The van der Waals surface area contributed by atoms with Crippen molar-refractivity contribution in [2.75, 3.05) is 21.3 Å². The molecule has 6 aromatic rings. The number of hydrogen-bond donors (Lipinski definition) is 4. The Morgan fingerprint density at radius 3 is 2.02 bits per heavy atom. The molecule has 0 amide bonds. The largest absolute Gasteiger partial charge is 0.508 e. The minimum absolute atomic E-state index is 0.00462. The van der Waals surface area contributed by atoms with Crippen LogP contribution in [0.2, 0.25) is 0 Å². The topological polar surface area (TPSA) is 169 Å². The number of furan rings is 1. The molecule has 0 saturated carbocycles. The molecule has 6 rings (SSSR count). The summed E-state index contributed by atoms with van der Waals surface area (Å²) >= 11 is 0. The van der Waals surface area contributed by atoms with Gasteiger partial charge in [-0.15, -0.1) is 0 Å². The Kier molecular flexibility index (Phi) is 6.77. The smallest absolute Gasteiger partial charge is 0.205 e. The Labute approximate surface area is 248 Å². The van der Waals surface area contributed by atoms with Gasteiger partial charge >= 0.3 is 0 Å². The van der Waals surface area contributed by atoms with Crippen LogP contribution in [0.15, 0.2) is 80.4 Å². The number of methoxy groups -OCH3 is 3. The molecule has 4 N–H and O–H groups in total. The van der Waals surface area contributed by atoms with E-state index < -0.39 is 22.7 Å². The van der Waals surface area contributed by atoms with Gasteiger partial charge in [-0.1, -0.05) is 0 Å². The van der Waals surface area contributed by atoms with Crippen LogP contribution in [0.4, 0.5) is 0 Å². The second-order valence-electron chi connectivity index (χ2n) is 9.74. The van der Waals surface area contributed by atoms with E-state index in [4.69, 9.17) is 23.0 Å². The minimum atomic E-state index is -0.809. The second-order valence-corrected chi connectivity index (χ2v) is 9.74. The van der Waals surface area contributed by atoms with E-state index in [9.17, 15) is 30.0 Å². The van der Waals surface area contributed by atoms with Gasteiger partial charge in [0.15, 0.2) is 16.9 Å². The van der Waals surface area contributed by atoms with Gasteiger partial charge in [-0.25, -0.2) is 0 Å². The summed E-state index contributed by atoms with van der Waals surface area (Å²) in [6.45, 7) is 0. The third-order valence-corrected chi connectivity index (χ3v) is 7.20. The highest BCUT2D eigenvalue weighted by molar-refractivity contribution is 6.24. The maximum absolute atomic E-state index is 14.2. The van der Waals surface area contributed by atoms with Gasteiger partial charge in [0.2, 0.25) is 5.78 Å². The quantitative estimate of drug-likeness (QED) is 0.161. The molecule has 2 heterocycles. The molecular weight excluding hydrogens is 572 g/mol. The molecule has 222 valence electrons. The van der Waals surface area contributed by atoms with Crippen molar-refractivity contribution in [2.45, 2.75) is 0 Å². The van der Waals surface area contributed by atoms with Gasteiger partial charge in [0.05, 0.1) is 32.3 Å². The number of ether oxygens (including phenoxy) is 3. The highest BCUT2D eigenvalue weighted by atomic mass is 16.5. The second kappa shape index (κ2) is 10.6. The SMILES string of the molecule is COc1ccc(-c2oc3cc4oc(-c5ccc(O)c(OC)c5)cc(=O)c4c(O)c3c2C(=O)c2c(O)cc(O)cc2OC)cc1. The van der Waals surface area contributed by atoms with E-state index in [2.05, 4.69) is 0 Å². The first kappa shape index (κ1) is 28.0. The monoisotopic (exact) mass is 596 g/mol. The highest BCUT2D eigenvalue weighted by Crippen LogP contribution is 2.45. The molecule has 44 heavy (non-hydrogen) atoms. The fraction of sp³-hybridized carbons (Fsp3) is 0.0909. The zero-order chi connectivity index (χ0) is 31.3. The number of fused-ring (bicyclic) bond motifs is 2. The van der Waals surface area contributed by atoms with Crippen molar-refractivity contribution in [1.82, 2.24) is 0 Å². The highest BCUT2D eigenvalue weighted by Gasteiger charge is 2.31. The Morgan fingerprint density at radius 1 is 0.659 bits per heavy atom. The Bertz CT molecular complexity index is 2150. The summed E-state index contributed by atoms with van der Waals surface area (Å²) < 4.78 is 27.8. The lowest BCUT2D eigenvalue weighted by Crippen LogP contribution is -2.06. The van der Waals surface area contributed by atoms with Crippen molar-refractivity contribution in [3.8, 4) is 62.9 Å². The van der Waals surface area contributed by atoms with E-state index in [0.717, 1.165) is 12.1 Å². The predicted molar refractivity (Wildman–Crippen MR) is 159 cm³/mol. The van der Waals surface area contributed by atoms with E-state index in [1.54, 1.807) is 24.3 Å². The average molecular weight is 597 g/mol. The van der Waals surface area contributed by atoms with Crippen LogP contribution >= 0.6 is 0 Å². The molecule has 0 atom stereocenters. The van der Waals surface area contributed by atoms with Gasteiger partial charge in [-0.05, 0) is 42.5 Å². The first-order valence-corrected chi connectivity index (χ1v) is 13.1. The number of carbonyl (C=O) groups excluding carboxylic acids is 1. The molecule has 11 nitrogen and oxygen atoms in total. The van der Waals surface area contributed by atoms with Crippen LogP contribution in [-0.2, 0) is 0 Å². The van der Waals surface area contributed by atoms with Gasteiger partial charge in [0.25, 0.3) is 0 Å². The third-order valence-electron chi connectivity index (χ3n) is 7.20. The Morgan fingerprint density at radius 2 is 1.34 bits per heavy atom. The molecule has 0 radical (unpaired) electrons. The molecule has 0 aliphatic rings. The van der Waals surface area contributed by atoms with Crippen molar-refractivity contribution in [1.29, 1.82) is 0 Å². The summed E-state index contributed by atoms with van der Waals surface area (Å²) in [5, 5.41) is 41.9. The number of aromatic hydroxyl groups is 4. The molecule has 11 heteroatoms. The van der Waals surface area contributed by atoms with E-state index in [1.165, 1.54) is 51.7 Å². The third kappa shape index (κ3) is 4.47. The number of benzene rings is 4. The lowest BCUT2D eigenvalue weighted by Gasteiger charge is -2.12. The summed E-state index contributed by atoms with van der Waals surface area (Å²) in [5.41, 5.74) is -0.289. The summed E-state index contributed by atoms with van der Waals surface area (Å²) in [6, 6.07) is 15.7. The van der Waals surface area contributed by atoms with Crippen molar-refractivity contribution in [3.05, 3.63) is 88.1 Å². The maximum atomic E-state index is 14.2. The molecule has 0 spiro atoms. The first-order chi connectivity index (χ1) is 21.1. The minimum Gasteiger partial charge on any atom is -0.508 e. The lowest BCUT2D eigenvalue weighted by atomic mass is 9.95. The van der Waals surface area contributed by atoms with Gasteiger partial charge in [0.1, 0.15) is 62.4 Å². The van der Waals surface area contributed by atoms with Crippen molar-refractivity contribution < 1.29 is 48.3 Å². The van der Waals surface area contributed by atoms with E-state index in [0.29, 0.717) is 16.9 Å². The molecule has 4 aromatic carbocycles. The molecule has 2 aromatic heterocycles. The first-order valence-electron chi connectivity index (χ1n) is 13.1. The van der Waals surface area contributed by atoms with Crippen molar-refractivity contribution >= 4 is 27.7 Å². The van der Waals surface area contributed by atoms with Crippen molar-refractivity contribution in [3.63, 3.8) is 0 Å². The number of phenolic OH excluding ortho intramolecular Hbond substituents is 4. The van der Waals surface area contributed by atoms with Crippen molar-refractivity contribution in [2.24, 2.45) is 0 Å². The normalized spacial score (nSPS) is 11.2. The number of carbonyl (C=O) groups is 1. The lowest BCUT2D eigenvalue weighted by molar-refractivity contribution is 0.103. The van der Waals surface area contributed by atoms with Crippen LogP contribution in [0.1, 0.15) is 15.9 Å². The number of rotatable bonds is 7. The fourth-order valence-corrected chi connectivity index (χ4v) is 5.11. The van der Waals surface area contributed by atoms with Gasteiger partial charge in [-0.2, -0.15) is 0 Å². The number of ketones is 1. The van der Waals surface area contributed by atoms with E-state index in [-0.39, 0.29) is 67.6 Å². The molecular formula is C33H24O11. The predicted octanol–water partition coefficient (Wildman–Crippen LogP) is 5.95. The van der Waals surface area contributed by atoms with Gasteiger partial charge in [0, 0.05) is 35.4 Å². The molecule has 0 aliphatic heterocycles. The molecule has 0 unspecified atom stereocenters. The average Bonchev–Trinajstić information content (AvgIpc) is 3.40. The molecule has 0 saturated heterocycles. The van der Waals surface area contributed by atoms with Gasteiger partial charge < -0.3 is 43.5 Å². The van der Waals surface area contributed by atoms with Crippen LogP contribution in [0.3, 0.4) is 0 Å². The molecule has 0 bridgehead atoms. The number of hydrogen-bond acceptors (Lipinski definition) is 11. The van der Waals surface area contributed by atoms with Crippen LogP contribution < -0.4 is 19.6 Å². The Balaban J connectivity index is 1.65. The standard InChI is InChI=1S/C33H24O11/c1-40-18-7-4-15(5-8-18)33-30(32(39)27-20(36)11-17(34)12-24(27)42-3)29-26(44-33)14-25-28(31(29)38)21(37)13-22(43-25)16-6-9-19(35)23(10-16)41-2/h4-14,34-36,38H,1-3H3. The van der Waals surface area contributed by atoms with Crippen LogP contribution in [0, 0.1) is 0 Å². The molecule has 0 fully saturated rings. The van der Waals surface area contributed by atoms with E-state index in [1.807, 2.05) is 0 Å². The van der Waals surface area contributed by atoms with Gasteiger partial charge in [-0.3, -0.25) is 9.59 Å². The maximum Gasteiger partial charge on any atom is 0.205 e. The molecule has 0 aliphatic carbocycles. The van der Waals surface area contributed by atoms with Crippen LogP contribution in [-0.4, -0.2) is 47.5 Å². The zero-order valence-corrected chi connectivity index (χ0v) is 23.5. The van der Waals surface area contributed by atoms with E-state index >= 15 is 0 Å². The van der Waals surface area contributed by atoms with Crippen LogP contribution in [0.5, 0.6) is 40.2 Å². The van der Waals surface area contributed by atoms with Crippen LogP contribution in [0.25, 0.3) is 44.6 Å². The number of phenols is 4. The summed E-state index contributed by atoms with van der Waals surface area (Å²) in [7, 11) is 4.15.